The number of rotatable bonds is 5. The van der Waals surface area contributed by atoms with E-state index >= 15 is 0 Å². The summed E-state index contributed by atoms with van der Waals surface area (Å²) in [5.41, 5.74) is 1.67. The molecule has 25 heavy (non-hydrogen) atoms. The van der Waals surface area contributed by atoms with Gasteiger partial charge in [0.25, 0.3) is 5.91 Å². The van der Waals surface area contributed by atoms with E-state index in [9.17, 15) is 14.4 Å². The quantitative estimate of drug-likeness (QED) is 0.339. The lowest BCUT2D eigenvalue weighted by Crippen LogP contribution is -2.35. The monoisotopic (exact) mass is 371 g/mol. The molecule has 1 aromatic rings. The van der Waals surface area contributed by atoms with Gasteiger partial charge in [-0.25, -0.2) is 9.80 Å². The highest BCUT2D eigenvalue weighted by Gasteiger charge is 2.28. The lowest BCUT2D eigenvalue weighted by atomic mass is 10.1. The van der Waals surface area contributed by atoms with E-state index in [0.29, 0.717) is 29.9 Å². The molecule has 0 spiro atoms. The van der Waals surface area contributed by atoms with Crippen LogP contribution in [0.4, 0.5) is 4.79 Å². The number of aromatic nitrogens is 2. The van der Waals surface area contributed by atoms with Gasteiger partial charge < -0.3 is 14.7 Å². The lowest BCUT2D eigenvalue weighted by Gasteiger charge is -2.24. The Kier molecular flexibility index (Phi) is 5.97. The Labute approximate surface area is 148 Å². The minimum atomic E-state index is -1.05. The predicted molar refractivity (Wildman–Crippen MR) is 87.6 cm³/mol. The fourth-order valence-electron chi connectivity index (χ4n) is 2.33. The zero-order valence-electron chi connectivity index (χ0n) is 13.8. The number of carbonyl (C=O) groups is 3. The summed E-state index contributed by atoms with van der Waals surface area (Å²) >= 11 is 5.74. The number of esters is 1. The van der Waals surface area contributed by atoms with Crippen LogP contribution in [0.3, 0.4) is 0 Å². The number of fused-ring (bicyclic) bond motifs is 1. The molecule has 0 atom stereocenters. The predicted octanol–water partition coefficient (Wildman–Crippen LogP) is 0.676. The van der Waals surface area contributed by atoms with Gasteiger partial charge in [0.2, 0.25) is 0 Å². The molecule has 0 bridgehead atoms. The summed E-state index contributed by atoms with van der Waals surface area (Å²) < 4.78 is 4.81. The molecule has 0 aromatic carbocycles. The van der Waals surface area contributed by atoms with Crippen molar-refractivity contribution in [1.29, 1.82) is 0 Å². The Morgan fingerprint density at radius 1 is 1.48 bits per heavy atom. The molecule has 0 saturated heterocycles. The zero-order chi connectivity index (χ0) is 18.6. The van der Waals surface area contributed by atoms with Gasteiger partial charge in [0.05, 0.1) is 23.8 Å². The van der Waals surface area contributed by atoms with E-state index in [0.717, 1.165) is 5.01 Å². The number of hydrazone groups is 1. The molecule has 2 rings (SSSR count). The van der Waals surface area contributed by atoms with Crippen molar-refractivity contribution in [3.63, 3.8) is 0 Å². The Balaban J connectivity index is 2.16. The van der Waals surface area contributed by atoms with Crippen LogP contribution in [0.2, 0.25) is 0 Å². The van der Waals surface area contributed by atoms with E-state index in [1.165, 1.54) is 18.9 Å². The second-order valence-corrected chi connectivity index (χ2v) is 5.65. The van der Waals surface area contributed by atoms with E-state index in [-0.39, 0.29) is 24.7 Å². The van der Waals surface area contributed by atoms with Gasteiger partial charge in [0.1, 0.15) is 12.3 Å². The maximum absolute atomic E-state index is 12.6. The molecule has 2 heterocycles. The molecular weight excluding hydrogens is 354 g/mol. The molecule has 10 nitrogen and oxygen atoms in total. The number of H-pyrrole nitrogens is 1. The highest BCUT2D eigenvalue weighted by atomic mass is 35.5. The zero-order valence-corrected chi connectivity index (χ0v) is 14.5. The normalized spacial score (nSPS) is 14.0. The third-order valence-corrected chi connectivity index (χ3v) is 3.89. The van der Waals surface area contributed by atoms with Crippen molar-refractivity contribution in [2.75, 3.05) is 26.1 Å². The second-order valence-electron chi connectivity index (χ2n) is 5.39. The summed E-state index contributed by atoms with van der Waals surface area (Å²) in [4.78, 5) is 35.8. The van der Waals surface area contributed by atoms with Gasteiger partial charge in [-0.3, -0.25) is 14.7 Å². The third kappa shape index (κ3) is 4.47. The van der Waals surface area contributed by atoms with Crippen molar-refractivity contribution >= 4 is 35.3 Å². The number of nitrogens with zero attached hydrogens (tertiary/aromatic N) is 4. The summed E-state index contributed by atoms with van der Waals surface area (Å²) in [5, 5.41) is 20.9. The maximum Gasteiger partial charge on any atom is 0.407 e. The molecule has 1 aliphatic heterocycles. The van der Waals surface area contributed by atoms with Crippen LogP contribution in [0.15, 0.2) is 5.10 Å². The van der Waals surface area contributed by atoms with Gasteiger partial charge in [-0.2, -0.15) is 10.2 Å². The summed E-state index contributed by atoms with van der Waals surface area (Å²) in [6.45, 7) is 1.54. The number of nitrogens with one attached hydrogen (secondary N) is 1. The third-order valence-electron chi connectivity index (χ3n) is 3.59. The Morgan fingerprint density at radius 3 is 2.80 bits per heavy atom. The van der Waals surface area contributed by atoms with Crippen molar-refractivity contribution < 1.29 is 24.2 Å². The summed E-state index contributed by atoms with van der Waals surface area (Å²) in [7, 11) is 1.42. The van der Waals surface area contributed by atoms with Crippen molar-refractivity contribution in [3.05, 3.63) is 17.0 Å². The molecule has 1 aromatic heterocycles. The number of aromatic amines is 1. The molecule has 2 amide bonds. The first-order valence-electron chi connectivity index (χ1n) is 7.41. The second kappa shape index (κ2) is 7.97. The molecule has 0 saturated carbocycles. The van der Waals surface area contributed by atoms with Gasteiger partial charge >= 0.3 is 12.1 Å². The number of amides is 2. The topological polar surface area (TPSA) is 128 Å². The molecule has 0 aliphatic carbocycles. The van der Waals surface area contributed by atoms with Crippen LogP contribution in [-0.2, 0) is 22.5 Å². The van der Waals surface area contributed by atoms with Crippen LogP contribution in [0.1, 0.15) is 28.7 Å². The van der Waals surface area contributed by atoms with Crippen LogP contribution >= 0.6 is 11.6 Å². The molecule has 0 fully saturated rings. The Morgan fingerprint density at radius 2 is 2.20 bits per heavy atom. The minimum absolute atomic E-state index is 0.0151. The number of hydrogen-bond acceptors (Lipinski definition) is 6. The summed E-state index contributed by atoms with van der Waals surface area (Å²) in [6.07, 6.45) is -0.625. The highest BCUT2D eigenvalue weighted by Crippen LogP contribution is 2.21. The average molecular weight is 372 g/mol. The SMILES string of the molecule is CC(=O)OC/C(CCl)=N/N(C)C(=O)c1[nH]nc2c1CN(C(=O)O)CC2. The molecule has 11 heteroatoms. The van der Waals surface area contributed by atoms with Crippen LogP contribution in [-0.4, -0.2) is 75.0 Å². The molecule has 2 N–H and O–H groups in total. The molecule has 0 radical (unpaired) electrons. The Bertz CT molecular complexity index is 716. The fourth-order valence-corrected chi connectivity index (χ4v) is 2.46. The van der Waals surface area contributed by atoms with Crippen molar-refractivity contribution in [2.45, 2.75) is 19.9 Å². The van der Waals surface area contributed by atoms with Crippen LogP contribution < -0.4 is 0 Å². The lowest BCUT2D eigenvalue weighted by molar-refractivity contribution is -0.139. The first-order chi connectivity index (χ1) is 11.8. The van der Waals surface area contributed by atoms with Crippen LogP contribution in [0.5, 0.6) is 0 Å². The maximum atomic E-state index is 12.6. The average Bonchev–Trinajstić information content (AvgIpc) is 3.00. The molecule has 136 valence electrons. The van der Waals surface area contributed by atoms with Crippen molar-refractivity contribution in [2.24, 2.45) is 5.10 Å². The largest absolute Gasteiger partial charge is 0.465 e. The first kappa shape index (κ1) is 18.7. The van der Waals surface area contributed by atoms with Gasteiger partial charge in [0, 0.05) is 32.5 Å². The van der Waals surface area contributed by atoms with Gasteiger partial charge in [-0.1, -0.05) is 0 Å². The molecule has 0 unspecified atom stereocenters. The summed E-state index contributed by atoms with van der Waals surface area (Å²) in [5.74, 6) is -0.992. The fraction of sp³-hybridized carbons (Fsp3) is 0.500. The van der Waals surface area contributed by atoms with Crippen molar-refractivity contribution in [3.8, 4) is 0 Å². The van der Waals surface area contributed by atoms with E-state index < -0.39 is 18.0 Å². The van der Waals surface area contributed by atoms with E-state index in [4.69, 9.17) is 21.4 Å². The van der Waals surface area contributed by atoms with Gasteiger partial charge in [-0.05, 0) is 0 Å². The smallest absolute Gasteiger partial charge is 0.407 e. The van der Waals surface area contributed by atoms with Gasteiger partial charge in [0.15, 0.2) is 0 Å². The van der Waals surface area contributed by atoms with Crippen LogP contribution in [0, 0.1) is 0 Å². The highest BCUT2D eigenvalue weighted by molar-refractivity contribution is 6.29. The minimum Gasteiger partial charge on any atom is -0.465 e. The standard InChI is InChI=1S/C14H18ClN5O5/c1-8(21)25-7-9(5-15)18-19(2)13(22)12-10-6-20(14(23)24)4-3-11(10)16-17-12/h3-7H2,1-2H3,(H,16,17)(H,23,24)/b18-9+. The number of carbonyl (C=O) groups excluding carboxylic acids is 2. The summed E-state index contributed by atoms with van der Waals surface area (Å²) in [6, 6.07) is 0. The molecular formula is C14H18ClN5O5. The molecule has 1 aliphatic rings. The van der Waals surface area contributed by atoms with E-state index in [1.54, 1.807) is 0 Å². The van der Waals surface area contributed by atoms with Crippen LogP contribution in [0.25, 0.3) is 0 Å². The first-order valence-corrected chi connectivity index (χ1v) is 7.94. The number of hydrogen-bond donors (Lipinski definition) is 2. The number of alkyl halides is 1. The van der Waals surface area contributed by atoms with E-state index in [2.05, 4.69) is 15.3 Å². The number of carboxylic acid groups (broad SMARTS) is 1. The van der Waals surface area contributed by atoms with E-state index in [1.807, 2.05) is 0 Å². The number of ether oxygens (including phenoxy) is 1. The Hall–Kier alpha value is -2.62. The number of halogens is 1. The van der Waals surface area contributed by atoms with Gasteiger partial charge in [-0.15, -0.1) is 11.6 Å². The van der Waals surface area contributed by atoms with Crippen molar-refractivity contribution in [1.82, 2.24) is 20.1 Å².